The van der Waals surface area contributed by atoms with Gasteiger partial charge in [-0.3, -0.25) is 0 Å². The highest BCUT2D eigenvalue weighted by Gasteiger charge is 2.19. The molecule has 0 amide bonds. The topological polar surface area (TPSA) is 39.2 Å². The molecule has 0 aliphatic heterocycles. The molecule has 0 radical (unpaired) electrons. The minimum atomic E-state index is -0.385. The van der Waals surface area contributed by atoms with Crippen LogP contribution in [0.1, 0.15) is 15.9 Å². The number of hydrogen-bond acceptors (Lipinski definition) is 3. The van der Waals surface area contributed by atoms with Crippen molar-refractivity contribution in [2.75, 3.05) is 7.11 Å². The van der Waals surface area contributed by atoms with Crippen molar-refractivity contribution < 1.29 is 9.53 Å². The van der Waals surface area contributed by atoms with Crippen molar-refractivity contribution in [1.29, 1.82) is 0 Å². The largest absolute Gasteiger partial charge is 0.465 e. The Morgan fingerprint density at radius 3 is 2.55 bits per heavy atom. The number of esters is 1. The Hall–Kier alpha value is -2.39. The molecule has 0 unspecified atom stereocenters. The Morgan fingerprint density at radius 2 is 1.86 bits per heavy atom. The number of carbonyl (C=O) groups excluding carboxylic acids is 1. The highest BCUT2D eigenvalue weighted by atomic mass is 35.5. The molecule has 22 heavy (non-hydrogen) atoms. The molecule has 2 aromatic carbocycles. The van der Waals surface area contributed by atoms with Crippen molar-refractivity contribution >= 4 is 28.5 Å². The fourth-order valence-corrected chi connectivity index (χ4v) is 2.74. The zero-order valence-electron chi connectivity index (χ0n) is 12.3. The molecule has 0 fully saturated rings. The van der Waals surface area contributed by atoms with E-state index in [2.05, 4.69) is 0 Å². The van der Waals surface area contributed by atoms with Crippen molar-refractivity contribution in [3.8, 4) is 11.3 Å². The summed E-state index contributed by atoms with van der Waals surface area (Å²) in [4.78, 5) is 16.9. The van der Waals surface area contributed by atoms with Gasteiger partial charge in [-0.1, -0.05) is 41.9 Å². The maximum Gasteiger partial charge on any atom is 0.338 e. The molecular formula is C18H14ClNO2. The van der Waals surface area contributed by atoms with Gasteiger partial charge in [0.1, 0.15) is 0 Å². The lowest BCUT2D eigenvalue weighted by Crippen LogP contribution is -2.07. The maximum absolute atomic E-state index is 12.3. The molecule has 0 atom stereocenters. The maximum atomic E-state index is 12.3. The van der Waals surface area contributed by atoms with E-state index in [0.29, 0.717) is 21.5 Å². The van der Waals surface area contributed by atoms with E-state index in [4.69, 9.17) is 21.3 Å². The molecule has 0 aliphatic carbocycles. The smallest absolute Gasteiger partial charge is 0.338 e. The summed E-state index contributed by atoms with van der Waals surface area (Å²) >= 11 is 6.07. The molecule has 1 heterocycles. The minimum absolute atomic E-state index is 0.385. The van der Waals surface area contributed by atoms with Crippen LogP contribution in [-0.4, -0.2) is 18.1 Å². The van der Waals surface area contributed by atoms with Crippen molar-refractivity contribution in [2.45, 2.75) is 6.92 Å². The highest BCUT2D eigenvalue weighted by Crippen LogP contribution is 2.31. The zero-order valence-corrected chi connectivity index (χ0v) is 13.0. The molecule has 0 N–H and O–H groups in total. The Kier molecular flexibility index (Phi) is 3.82. The summed E-state index contributed by atoms with van der Waals surface area (Å²) in [5, 5.41) is 1.27. The molecule has 0 saturated heterocycles. The van der Waals surface area contributed by atoms with Gasteiger partial charge in [-0.2, -0.15) is 0 Å². The van der Waals surface area contributed by atoms with E-state index in [1.165, 1.54) is 7.11 Å². The summed E-state index contributed by atoms with van der Waals surface area (Å²) in [5.41, 5.74) is 3.74. The fourth-order valence-electron chi connectivity index (χ4n) is 2.57. The monoisotopic (exact) mass is 311 g/mol. The molecule has 110 valence electrons. The van der Waals surface area contributed by atoms with Gasteiger partial charge in [-0.05, 0) is 30.7 Å². The number of halogens is 1. The summed E-state index contributed by atoms with van der Waals surface area (Å²) < 4.78 is 4.95. The van der Waals surface area contributed by atoms with Crippen LogP contribution in [0.3, 0.4) is 0 Å². The Balaban J connectivity index is 2.39. The van der Waals surface area contributed by atoms with Gasteiger partial charge < -0.3 is 4.74 Å². The number of methoxy groups -OCH3 is 1. The van der Waals surface area contributed by atoms with E-state index < -0.39 is 0 Å². The van der Waals surface area contributed by atoms with Gasteiger partial charge >= 0.3 is 5.97 Å². The van der Waals surface area contributed by atoms with E-state index >= 15 is 0 Å². The first kappa shape index (κ1) is 14.5. The average molecular weight is 312 g/mol. The predicted octanol–water partition coefficient (Wildman–Crippen LogP) is 4.65. The number of benzene rings is 2. The molecule has 3 nitrogen and oxygen atoms in total. The van der Waals surface area contributed by atoms with Crippen molar-refractivity contribution in [3.63, 3.8) is 0 Å². The van der Waals surface area contributed by atoms with Crippen LogP contribution in [0.2, 0.25) is 5.02 Å². The van der Waals surface area contributed by atoms with Crippen LogP contribution < -0.4 is 0 Å². The van der Waals surface area contributed by atoms with Crippen molar-refractivity contribution in [1.82, 2.24) is 4.98 Å². The van der Waals surface area contributed by atoms with E-state index in [1.807, 2.05) is 43.3 Å². The lowest BCUT2D eigenvalue weighted by Gasteiger charge is -2.13. The minimum Gasteiger partial charge on any atom is -0.465 e. The van der Waals surface area contributed by atoms with Crippen LogP contribution in [0.25, 0.3) is 22.2 Å². The normalized spacial score (nSPS) is 10.7. The Labute approximate surface area is 133 Å². The summed E-state index contributed by atoms with van der Waals surface area (Å²) in [6.45, 7) is 1.88. The van der Waals surface area contributed by atoms with E-state index in [0.717, 1.165) is 16.8 Å². The van der Waals surface area contributed by atoms with Gasteiger partial charge in [-0.25, -0.2) is 9.78 Å². The quantitative estimate of drug-likeness (QED) is 0.647. The standard InChI is InChI=1S/C18H14ClNO2/c1-11-16(18(21)22-2)14-10-13(19)8-9-15(14)20-17(11)12-6-4-3-5-7-12/h3-10H,1-2H3. The first-order valence-corrected chi connectivity index (χ1v) is 7.23. The van der Waals surface area contributed by atoms with Gasteiger partial charge in [0.25, 0.3) is 0 Å². The molecule has 1 aromatic heterocycles. The average Bonchev–Trinajstić information content (AvgIpc) is 2.54. The first-order chi connectivity index (χ1) is 10.6. The SMILES string of the molecule is COC(=O)c1c(C)c(-c2ccccc2)nc2ccc(Cl)cc12. The molecule has 4 heteroatoms. The first-order valence-electron chi connectivity index (χ1n) is 6.85. The van der Waals surface area contributed by atoms with Crippen molar-refractivity contribution in [2.24, 2.45) is 0 Å². The second-order valence-electron chi connectivity index (χ2n) is 4.98. The van der Waals surface area contributed by atoms with Gasteiger partial charge in [0, 0.05) is 16.0 Å². The van der Waals surface area contributed by atoms with Crippen LogP contribution in [0.4, 0.5) is 0 Å². The van der Waals surface area contributed by atoms with Crippen LogP contribution in [0.15, 0.2) is 48.5 Å². The molecule has 0 saturated carbocycles. The zero-order chi connectivity index (χ0) is 15.7. The molecule has 3 rings (SSSR count). The van der Waals surface area contributed by atoms with Crippen LogP contribution in [0, 0.1) is 6.92 Å². The third kappa shape index (κ3) is 2.44. The summed E-state index contributed by atoms with van der Waals surface area (Å²) in [6, 6.07) is 15.1. The van der Waals surface area contributed by atoms with Crippen LogP contribution in [0.5, 0.6) is 0 Å². The second kappa shape index (κ2) is 5.78. The number of hydrogen-bond donors (Lipinski definition) is 0. The van der Waals surface area contributed by atoms with E-state index in [9.17, 15) is 4.79 Å². The Morgan fingerprint density at radius 1 is 1.14 bits per heavy atom. The summed E-state index contributed by atoms with van der Waals surface area (Å²) in [6.07, 6.45) is 0. The Bertz CT molecular complexity index is 860. The number of ether oxygens (including phenoxy) is 1. The number of fused-ring (bicyclic) bond motifs is 1. The van der Waals surface area contributed by atoms with E-state index in [-0.39, 0.29) is 5.97 Å². The lowest BCUT2D eigenvalue weighted by molar-refractivity contribution is 0.0602. The van der Waals surface area contributed by atoms with Crippen molar-refractivity contribution in [3.05, 3.63) is 64.7 Å². The molecule has 0 bridgehead atoms. The van der Waals surface area contributed by atoms with Gasteiger partial charge in [0.15, 0.2) is 0 Å². The molecule has 0 spiro atoms. The number of pyridine rings is 1. The highest BCUT2D eigenvalue weighted by molar-refractivity contribution is 6.31. The van der Waals surface area contributed by atoms with Crippen LogP contribution in [-0.2, 0) is 4.74 Å². The fraction of sp³-hybridized carbons (Fsp3) is 0.111. The third-order valence-corrected chi connectivity index (χ3v) is 3.86. The molecule has 0 aliphatic rings. The number of rotatable bonds is 2. The van der Waals surface area contributed by atoms with Gasteiger partial charge in [0.2, 0.25) is 0 Å². The second-order valence-corrected chi connectivity index (χ2v) is 5.42. The third-order valence-electron chi connectivity index (χ3n) is 3.63. The number of aromatic nitrogens is 1. The van der Waals surface area contributed by atoms with Gasteiger partial charge in [0.05, 0.1) is 23.9 Å². The predicted molar refractivity (Wildman–Crippen MR) is 88.3 cm³/mol. The lowest BCUT2D eigenvalue weighted by atomic mass is 9.98. The van der Waals surface area contributed by atoms with Gasteiger partial charge in [-0.15, -0.1) is 0 Å². The van der Waals surface area contributed by atoms with E-state index in [1.54, 1.807) is 12.1 Å². The van der Waals surface area contributed by atoms with Crippen LogP contribution >= 0.6 is 11.6 Å². The summed E-state index contributed by atoms with van der Waals surface area (Å²) in [5.74, 6) is -0.385. The number of nitrogens with zero attached hydrogens (tertiary/aromatic N) is 1. The molecular weight excluding hydrogens is 298 g/mol. The molecule has 3 aromatic rings. The summed E-state index contributed by atoms with van der Waals surface area (Å²) in [7, 11) is 1.38. The number of carbonyl (C=O) groups is 1.